The third-order valence-electron chi connectivity index (χ3n) is 6.58. The van der Waals surface area contributed by atoms with Crippen molar-refractivity contribution < 1.29 is 23.4 Å². The number of thiophene rings is 1. The zero-order chi connectivity index (χ0) is 24.3. The summed E-state index contributed by atoms with van der Waals surface area (Å²) < 4.78 is 37.5. The number of piperidine rings is 1. The van der Waals surface area contributed by atoms with Crippen LogP contribution in [0.3, 0.4) is 0 Å². The summed E-state index contributed by atoms with van der Waals surface area (Å²) in [5.74, 6) is -1.59. The molecule has 5 rings (SSSR count). The maximum Gasteiger partial charge on any atom is 0.202 e. The average Bonchev–Trinajstić information content (AvgIpc) is 3.60. The number of fused-ring (bicyclic) bond motifs is 2. The van der Waals surface area contributed by atoms with Crippen molar-refractivity contribution in [2.24, 2.45) is 5.73 Å². The molecular weight excluding hydrogens is 464 g/mol. The molecule has 2 aromatic heterocycles. The number of benzene rings is 1. The lowest BCUT2D eigenvalue weighted by Gasteiger charge is -2.33. The van der Waals surface area contributed by atoms with E-state index >= 15 is 4.39 Å². The zero-order valence-corrected chi connectivity index (χ0v) is 19.7. The van der Waals surface area contributed by atoms with Gasteiger partial charge in [0, 0.05) is 32.6 Å². The molecule has 7 nitrogen and oxygen atoms in total. The van der Waals surface area contributed by atoms with E-state index in [1.165, 1.54) is 14.0 Å². The number of anilines is 1. The van der Waals surface area contributed by atoms with E-state index in [2.05, 4.69) is 0 Å². The van der Waals surface area contributed by atoms with Crippen LogP contribution in [0.1, 0.15) is 48.3 Å². The Morgan fingerprint density at radius 2 is 2.12 bits per heavy atom. The standard InChI is InChI=1S/C24H25F2N3O4S/c1-11(30)23-21(32)17-20(31)14-8-15(25)19(28-7-3-4-12(10-28)16(26)9-27)22(33-2)18(14)29(13-5-6-13)24(17)34-23/h8,13,32H,3-7,9-10,27H2,1-2H3. The van der Waals surface area contributed by atoms with Crippen molar-refractivity contribution in [3.8, 4) is 11.5 Å². The van der Waals surface area contributed by atoms with Crippen molar-refractivity contribution in [1.82, 2.24) is 4.57 Å². The van der Waals surface area contributed by atoms with Crippen molar-refractivity contribution in [1.29, 1.82) is 0 Å². The van der Waals surface area contributed by atoms with Crippen LogP contribution in [0.25, 0.3) is 21.1 Å². The Hall–Kier alpha value is -2.98. The molecule has 1 aliphatic carbocycles. The Kier molecular flexibility index (Phi) is 5.60. The molecule has 2 fully saturated rings. The second-order valence-electron chi connectivity index (χ2n) is 8.82. The van der Waals surface area contributed by atoms with Gasteiger partial charge in [-0.05, 0) is 37.3 Å². The van der Waals surface area contributed by atoms with Crippen LogP contribution in [0.2, 0.25) is 0 Å². The van der Waals surface area contributed by atoms with E-state index in [9.17, 15) is 19.1 Å². The second-order valence-corrected chi connectivity index (χ2v) is 9.82. The van der Waals surface area contributed by atoms with Crippen molar-refractivity contribution in [2.45, 2.75) is 38.6 Å². The van der Waals surface area contributed by atoms with Gasteiger partial charge in [-0.3, -0.25) is 9.59 Å². The average molecular weight is 490 g/mol. The lowest BCUT2D eigenvalue weighted by Crippen LogP contribution is -2.33. The number of Topliss-reactive ketones (excluding diaryl/α,β-unsaturated/α-hetero) is 1. The van der Waals surface area contributed by atoms with Gasteiger partial charge in [0.1, 0.15) is 26.6 Å². The number of hydrogen-bond donors (Lipinski definition) is 2. The van der Waals surface area contributed by atoms with E-state index in [1.54, 1.807) is 4.90 Å². The first-order valence-corrected chi connectivity index (χ1v) is 12.0. The van der Waals surface area contributed by atoms with Crippen LogP contribution in [0.5, 0.6) is 11.5 Å². The Morgan fingerprint density at radius 3 is 2.74 bits per heavy atom. The molecule has 2 aliphatic rings. The number of aromatic nitrogens is 1. The fourth-order valence-electron chi connectivity index (χ4n) is 4.88. The molecule has 34 heavy (non-hydrogen) atoms. The molecule has 0 atom stereocenters. The minimum atomic E-state index is -0.668. The molecule has 3 heterocycles. The number of carbonyl (C=O) groups is 1. The maximum absolute atomic E-state index is 15.6. The first-order chi connectivity index (χ1) is 16.3. The summed E-state index contributed by atoms with van der Waals surface area (Å²) in [6.45, 7) is 1.78. The van der Waals surface area contributed by atoms with Gasteiger partial charge >= 0.3 is 0 Å². The normalized spacial score (nSPS) is 18.1. The molecule has 0 radical (unpaired) electrons. The van der Waals surface area contributed by atoms with Crippen LogP contribution in [0.4, 0.5) is 14.5 Å². The largest absolute Gasteiger partial charge is 0.505 e. The molecule has 1 saturated carbocycles. The molecule has 1 aliphatic heterocycles. The van der Waals surface area contributed by atoms with Crippen LogP contribution in [-0.4, -0.2) is 42.2 Å². The Labute approximate surface area is 198 Å². The summed E-state index contributed by atoms with van der Waals surface area (Å²) in [6.07, 6.45) is 2.86. The number of nitrogens with two attached hydrogens (primary N) is 1. The van der Waals surface area contributed by atoms with Crippen molar-refractivity contribution in [3.05, 3.63) is 38.4 Å². The first kappa shape index (κ1) is 22.8. The maximum atomic E-state index is 15.6. The molecular formula is C24H25F2N3O4S. The Bertz CT molecular complexity index is 1440. The van der Waals surface area contributed by atoms with Gasteiger partial charge < -0.3 is 25.0 Å². The molecule has 0 bridgehead atoms. The lowest BCUT2D eigenvalue weighted by molar-refractivity contribution is 0.101. The molecule has 0 unspecified atom stereocenters. The number of rotatable bonds is 5. The smallest absolute Gasteiger partial charge is 0.202 e. The highest BCUT2D eigenvalue weighted by atomic mass is 32.1. The number of ketones is 1. The highest BCUT2D eigenvalue weighted by Gasteiger charge is 2.34. The van der Waals surface area contributed by atoms with E-state index in [4.69, 9.17) is 10.5 Å². The quantitative estimate of drug-likeness (QED) is 0.516. The Morgan fingerprint density at radius 1 is 1.38 bits per heavy atom. The third-order valence-corrected chi connectivity index (χ3v) is 7.86. The SMILES string of the molecule is COc1c(N2CCCC(=C(F)CN)C2)c(F)cc2c(=O)c3c(O)c(C(C)=O)sc3n(C3CC3)c12. The fourth-order valence-corrected chi connectivity index (χ4v) is 6.04. The topological polar surface area (TPSA) is 97.8 Å². The summed E-state index contributed by atoms with van der Waals surface area (Å²) in [6, 6.07) is 1.19. The highest BCUT2D eigenvalue weighted by molar-refractivity contribution is 7.21. The number of methoxy groups -OCH3 is 1. The van der Waals surface area contributed by atoms with E-state index < -0.39 is 17.1 Å². The second kappa shape index (κ2) is 8.35. The van der Waals surface area contributed by atoms with Gasteiger partial charge in [0.25, 0.3) is 0 Å². The van der Waals surface area contributed by atoms with E-state index in [-0.39, 0.29) is 57.8 Å². The number of halogens is 2. The van der Waals surface area contributed by atoms with E-state index in [0.29, 0.717) is 35.3 Å². The minimum absolute atomic E-state index is 0.0250. The zero-order valence-electron chi connectivity index (χ0n) is 18.9. The van der Waals surface area contributed by atoms with Crippen molar-refractivity contribution >= 4 is 43.9 Å². The number of hydrogen-bond acceptors (Lipinski definition) is 7. The molecule has 0 spiro atoms. The number of pyridine rings is 1. The minimum Gasteiger partial charge on any atom is -0.505 e. The van der Waals surface area contributed by atoms with E-state index in [0.717, 1.165) is 30.2 Å². The lowest BCUT2D eigenvalue weighted by atomic mass is 10.0. The summed E-state index contributed by atoms with van der Waals surface area (Å²) in [5.41, 5.74) is 6.04. The fraction of sp³-hybridized carbons (Fsp3) is 0.417. The number of aromatic hydroxyl groups is 1. The number of carbonyl (C=O) groups excluding carboxylic acids is 1. The molecule has 1 saturated heterocycles. The monoisotopic (exact) mass is 489 g/mol. The Balaban J connectivity index is 1.85. The van der Waals surface area contributed by atoms with Crippen LogP contribution in [-0.2, 0) is 0 Å². The first-order valence-electron chi connectivity index (χ1n) is 11.2. The summed E-state index contributed by atoms with van der Waals surface area (Å²) in [4.78, 5) is 27.8. The third kappa shape index (κ3) is 3.39. The molecule has 0 amide bonds. The van der Waals surface area contributed by atoms with Gasteiger partial charge in [0.2, 0.25) is 5.43 Å². The van der Waals surface area contributed by atoms with Gasteiger partial charge in [-0.25, -0.2) is 8.78 Å². The number of nitrogens with zero attached hydrogens (tertiary/aromatic N) is 2. The van der Waals surface area contributed by atoms with Crippen LogP contribution >= 0.6 is 11.3 Å². The highest BCUT2D eigenvalue weighted by Crippen LogP contribution is 2.48. The molecule has 3 aromatic rings. The predicted octanol–water partition coefficient (Wildman–Crippen LogP) is 4.39. The van der Waals surface area contributed by atoms with Gasteiger partial charge in [0.05, 0.1) is 18.0 Å². The predicted molar refractivity (Wildman–Crippen MR) is 129 cm³/mol. The summed E-state index contributed by atoms with van der Waals surface area (Å²) in [7, 11) is 1.41. The van der Waals surface area contributed by atoms with Crippen LogP contribution in [0, 0.1) is 5.82 Å². The van der Waals surface area contributed by atoms with Crippen LogP contribution < -0.4 is 20.8 Å². The van der Waals surface area contributed by atoms with Gasteiger partial charge in [-0.2, -0.15) is 0 Å². The molecule has 3 N–H and O–H groups in total. The molecule has 1 aromatic carbocycles. The van der Waals surface area contributed by atoms with Crippen LogP contribution in [0.15, 0.2) is 22.3 Å². The number of ether oxygens (including phenoxy) is 1. The summed E-state index contributed by atoms with van der Waals surface area (Å²) in [5, 5.41) is 10.8. The van der Waals surface area contributed by atoms with E-state index in [1.807, 2.05) is 4.57 Å². The molecule has 10 heteroatoms. The van der Waals surface area contributed by atoms with Gasteiger partial charge in [-0.15, -0.1) is 11.3 Å². The molecule has 180 valence electrons. The summed E-state index contributed by atoms with van der Waals surface area (Å²) >= 11 is 1.06. The van der Waals surface area contributed by atoms with Gasteiger partial charge in [-0.1, -0.05) is 0 Å². The van der Waals surface area contributed by atoms with Gasteiger partial charge in [0.15, 0.2) is 23.1 Å². The van der Waals surface area contributed by atoms with Crippen molar-refractivity contribution in [3.63, 3.8) is 0 Å². The van der Waals surface area contributed by atoms with Crippen molar-refractivity contribution in [2.75, 3.05) is 31.6 Å².